The number of rotatable bonds is 4. The molecule has 0 unspecified atom stereocenters. The molecule has 3 aliphatic rings. The average Bonchev–Trinajstić information content (AvgIpc) is 2.88. The Kier molecular flexibility index (Phi) is 5.08. The van der Waals surface area contributed by atoms with E-state index in [4.69, 9.17) is 14.6 Å². The minimum Gasteiger partial charge on any atom is -0.459 e. The van der Waals surface area contributed by atoms with Crippen molar-refractivity contribution >= 4 is 11.9 Å². The van der Waals surface area contributed by atoms with Crippen LogP contribution in [0.3, 0.4) is 0 Å². The molecule has 6 heteroatoms. The molecule has 2 N–H and O–H groups in total. The highest BCUT2D eigenvalue weighted by atomic mass is 16.6. The maximum Gasteiger partial charge on any atom is 0.343 e. The third-order valence-electron chi connectivity index (χ3n) is 6.52. The van der Waals surface area contributed by atoms with Gasteiger partial charge in [0, 0.05) is 23.0 Å². The summed E-state index contributed by atoms with van der Waals surface area (Å²) >= 11 is 0. The molecule has 0 spiro atoms. The van der Waals surface area contributed by atoms with Gasteiger partial charge in [0.15, 0.2) is 5.60 Å². The lowest BCUT2D eigenvalue weighted by Crippen LogP contribution is -2.65. The molecule has 0 amide bonds. The molecule has 1 saturated carbocycles. The highest BCUT2D eigenvalue weighted by molar-refractivity contribution is 5.88. The van der Waals surface area contributed by atoms with Gasteiger partial charge < -0.3 is 19.7 Å². The van der Waals surface area contributed by atoms with Crippen molar-refractivity contribution in [3.05, 3.63) is 36.0 Å². The quantitative estimate of drug-likeness (QED) is 0.338. The molecule has 0 bridgehead atoms. The van der Waals surface area contributed by atoms with Gasteiger partial charge >= 0.3 is 11.9 Å². The minimum atomic E-state index is -1.65. The van der Waals surface area contributed by atoms with Crippen molar-refractivity contribution < 1.29 is 29.3 Å². The smallest absolute Gasteiger partial charge is 0.343 e. The molecule has 2 fully saturated rings. The number of fused-ring (bicyclic) bond motifs is 3. The van der Waals surface area contributed by atoms with Crippen molar-refractivity contribution in [3.8, 4) is 0 Å². The van der Waals surface area contributed by atoms with Crippen LogP contribution < -0.4 is 0 Å². The molecular formula is C21H28O6. The minimum absolute atomic E-state index is 0.0290. The zero-order valence-corrected chi connectivity index (χ0v) is 16.1. The number of carbonyl (C=O) groups is 2. The fourth-order valence-electron chi connectivity index (χ4n) is 5.39. The first-order chi connectivity index (χ1) is 12.7. The fourth-order valence-corrected chi connectivity index (χ4v) is 5.39. The van der Waals surface area contributed by atoms with Crippen molar-refractivity contribution in [1.82, 2.24) is 0 Å². The van der Waals surface area contributed by atoms with Crippen molar-refractivity contribution in [3.63, 3.8) is 0 Å². The number of ether oxygens (including phenoxy) is 2. The highest BCUT2D eigenvalue weighted by Crippen LogP contribution is 2.63. The molecule has 1 aliphatic heterocycles. The highest BCUT2D eigenvalue weighted by Gasteiger charge is 2.69. The standard InChI is InChI=1S/C21H28O6/c1-19(2)9-7-10-20(3)17(19)15(27-16(23)8-5-4-6-11-22)12-14-13-26-18(24)21(14,20)25/h4-6,8,12,15,17,22,25H,7,9-11,13H2,1-3H3/b6-4+,8-5+/t15-,17+,20+,21+/m1/s1. The molecule has 0 radical (unpaired) electrons. The Morgan fingerprint density at radius 1 is 1.33 bits per heavy atom. The number of hydrogen-bond donors (Lipinski definition) is 2. The summed E-state index contributed by atoms with van der Waals surface area (Å²) in [5.41, 5.74) is -2.15. The molecular weight excluding hydrogens is 348 g/mol. The van der Waals surface area contributed by atoms with Gasteiger partial charge in [0.25, 0.3) is 0 Å². The predicted octanol–water partition coefficient (Wildman–Crippen LogP) is 2.06. The molecule has 6 nitrogen and oxygen atoms in total. The van der Waals surface area contributed by atoms with Gasteiger partial charge in [-0.25, -0.2) is 9.59 Å². The number of carbonyl (C=O) groups excluding carboxylic acids is 2. The molecule has 0 aromatic carbocycles. The van der Waals surface area contributed by atoms with E-state index in [2.05, 4.69) is 13.8 Å². The number of esters is 2. The van der Waals surface area contributed by atoms with Gasteiger partial charge in [-0.15, -0.1) is 0 Å². The summed E-state index contributed by atoms with van der Waals surface area (Å²) in [6.07, 6.45) is 9.52. The van der Waals surface area contributed by atoms with Gasteiger partial charge in [-0.2, -0.15) is 0 Å². The number of aliphatic hydroxyl groups is 2. The van der Waals surface area contributed by atoms with Crippen molar-refractivity contribution in [1.29, 1.82) is 0 Å². The molecule has 0 aromatic heterocycles. The van der Waals surface area contributed by atoms with Crippen LogP contribution in [-0.4, -0.2) is 47.1 Å². The molecule has 4 atom stereocenters. The first-order valence-electron chi connectivity index (χ1n) is 9.42. The lowest BCUT2D eigenvalue weighted by atomic mass is 9.46. The zero-order chi connectivity index (χ0) is 19.9. The summed E-state index contributed by atoms with van der Waals surface area (Å²) in [5.74, 6) is -1.32. The lowest BCUT2D eigenvalue weighted by Gasteiger charge is -2.59. The maximum atomic E-state index is 12.5. The summed E-state index contributed by atoms with van der Waals surface area (Å²) in [5, 5.41) is 20.1. The van der Waals surface area contributed by atoms with Crippen LogP contribution in [-0.2, 0) is 19.1 Å². The molecule has 1 heterocycles. The Balaban J connectivity index is 1.97. The van der Waals surface area contributed by atoms with Crippen LogP contribution >= 0.6 is 0 Å². The second-order valence-corrected chi connectivity index (χ2v) is 8.59. The summed E-state index contributed by atoms with van der Waals surface area (Å²) in [6, 6.07) is 0. The topological polar surface area (TPSA) is 93.1 Å². The Hall–Kier alpha value is -1.92. The summed E-state index contributed by atoms with van der Waals surface area (Å²) in [7, 11) is 0. The summed E-state index contributed by atoms with van der Waals surface area (Å²) in [6.45, 7) is 6.03. The number of allylic oxidation sites excluding steroid dienone is 2. The molecule has 148 valence electrons. The van der Waals surface area contributed by atoms with E-state index in [1.165, 1.54) is 18.2 Å². The Morgan fingerprint density at radius 2 is 2.07 bits per heavy atom. The summed E-state index contributed by atoms with van der Waals surface area (Å²) < 4.78 is 10.9. The van der Waals surface area contributed by atoms with Crippen LogP contribution in [0.15, 0.2) is 36.0 Å². The third-order valence-corrected chi connectivity index (χ3v) is 6.52. The number of cyclic esters (lactones) is 1. The van der Waals surface area contributed by atoms with Gasteiger partial charge in [-0.3, -0.25) is 0 Å². The van der Waals surface area contributed by atoms with Crippen molar-refractivity contribution in [2.75, 3.05) is 13.2 Å². The van der Waals surface area contributed by atoms with Crippen LogP contribution in [0.25, 0.3) is 0 Å². The van der Waals surface area contributed by atoms with Crippen LogP contribution in [0.4, 0.5) is 0 Å². The first-order valence-corrected chi connectivity index (χ1v) is 9.42. The van der Waals surface area contributed by atoms with E-state index in [0.29, 0.717) is 12.0 Å². The predicted molar refractivity (Wildman–Crippen MR) is 98.5 cm³/mol. The van der Waals surface area contributed by atoms with Gasteiger partial charge in [-0.05, 0) is 24.3 Å². The van der Waals surface area contributed by atoms with E-state index < -0.39 is 29.1 Å². The second kappa shape index (κ2) is 6.91. The van der Waals surface area contributed by atoms with E-state index in [0.717, 1.165) is 12.8 Å². The molecule has 0 aromatic rings. The Labute approximate surface area is 159 Å². The van der Waals surface area contributed by atoms with Crippen LogP contribution in [0.2, 0.25) is 0 Å². The second-order valence-electron chi connectivity index (χ2n) is 8.59. The maximum absolute atomic E-state index is 12.5. The van der Waals surface area contributed by atoms with Crippen LogP contribution in [0.5, 0.6) is 0 Å². The molecule has 27 heavy (non-hydrogen) atoms. The zero-order valence-electron chi connectivity index (χ0n) is 16.1. The largest absolute Gasteiger partial charge is 0.459 e. The Bertz CT molecular complexity index is 718. The monoisotopic (exact) mass is 376 g/mol. The van der Waals surface area contributed by atoms with Gasteiger partial charge in [-0.1, -0.05) is 45.4 Å². The first kappa shape index (κ1) is 19.8. The fraction of sp³-hybridized carbons (Fsp3) is 0.619. The van der Waals surface area contributed by atoms with Crippen molar-refractivity contribution in [2.45, 2.75) is 51.7 Å². The van der Waals surface area contributed by atoms with Crippen molar-refractivity contribution in [2.24, 2.45) is 16.7 Å². The SMILES string of the molecule is CC1(C)CCC[C@@]2(C)[C@H]1[C@H](OC(=O)/C=C/C=C/CO)C=C1COC(=O)[C@@]12O. The molecule has 2 aliphatic carbocycles. The molecule has 1 saturated heterocycles. The Morgan fingerprint density at radius 3 is 2.78 bits per heavy atom. The normalized spacial score (nSPS) is 37.7. The van der Waals surface area contributed by atoms with E-state index >= 15 is 0 Å². The third kappa shape index (κ3) is 3.05. The van der Waals surface area contributed by atoms with Crippen LogP contribution in [0.1, 0.15) is 40.0 Å². The van der Waals surface area contributed by atoms with Gasteiger partial charge in [0.1, 0.15) is 12.7 Å². The molecule has 3 rings (SSSR count). The van der Waals surface area contributed by atoms with Gasteiger partial charge in [0.2, 0.25) is 0 Å². The average molecular weight is 376 g/mol. The number of hydrogen-bond acceptors (Lipinski definition) is 6. The van der Waals surface area contributed by atoms with Crippen LogP contribution in [0, 0.1) is 16.7 Å². The van der Waals surface area contributed by atoms with Gasteiger partial charge in [0.05, 0.1) is 6.61 Å². The summed E-state index contributed by atoms with van der Waals surface area (Å²) in [4.78, 5) is 24.8. The van der Waals surface area contributed by atoms with E-state index in [1.807, 2.05) is 6.92 Å². The lowest BCUT2D eigenvalue weighted by molar-refractivity contribution is -0.194. The van der Waals surface area contributed by atoms with E-state index in [-0.39, 0.29) is 24.5 Å². The van der Waals surface area contributed by atoms with E-state index in [1.54, 1.807) is 12.2 Å². The number of aliphatic hydroxyl groups excluding tert-OH is 1. The van der Waals surface area contributed by atoms with E-state index in [9.17, 15) is 14.7 Å².